The molecule has 0 aliphatic heterocycles. The van der Waals surface area contributed by atoms with Crippen LogP contribution in [0.1, 0.15) is 10.4 Å². The number of carbonyl (C=O) groups is 5. The first-order valence-corrected chi connectivity index (χ1v) is 11.3. The largest absolute Gasteiger partial charge is 0.480 e. The number of amides is 1. The summed E-state index contributed by atoms with van der Waals surface area (Å²) >= 11 is 1.81. The molecule has 0 spiro atoms. The molecule has 17 nitrogen and oxygen atoms in total. The van der Waals surface area contributed by atoms with Crippen LogP contribution < -0.4 is 32.0 Å². The summed E-state index contributed by atoms with van der Waals surface area (Å²) in [7, 11) is 1.58. The van der Waals surface area contributed by atoms with Crippen LogP contribution in [0, 0.1) is 0 Å². The van der Waals surface area contributed by atoms with Crippen molar-refractivity contribution in [2.24, 2.45) is 3.72 Å². The van der Waals surface area contributed by atoms with Crippen molar-refractivity contribution in [3.05, 3.63) is 23.9 Å². The van der Waals surface area contributed by atoms with Gasteiger partial charge in [-0.2, -0.15) is 0 Å². The molecular weight excluding hydrogens is 582 g/mol. The van der Waals surface area contributed by atoms with Gasteiger partial charge in [-0.05, 0) is 0 Å². The fourth-order valence-corrected chi connectivity index (χ4v) is 2.13. The van der Waals surface area contributed by atoms with E-state index >= 15 is 0 Å². The Hall–Kier alpha value is -3.41. The first-order chi connectivity index (χ1) is 17.5. The van der Waals surface area contributed by atoms with Gasteiger partial charge in [0, 0.05) is 26.2 Å². The Morgan fingerprint density at radius 1 is 0.757 bits per heavy atom. The minimum absolute atomic E-state index is 0.102. The van der Waals surface area contributed by atoms with Gasteiger partial charge in [-0.15, -0.1) is 0 Å². The van der Waals surface area contributed by atoms with Crippen molar-refractivity contribution in [1.29, 1.82) is 0 Å². The molecule has 10 N–H and O–H groups in total. The van der Waals surface area contributed by atoms with E-state index in [1.165, 1.54) is 6.20 Å². The molecule has 0 bridgehead atoms. The second-order valence-electron chi connectivity index (χ2n) is 6.49. The van der Waals surface area contributed by atoms with E-state index in [1.54, 1.807) is 19.2 Å². The molecule has 0 saturated carbocycles. The van der Waals surface area contributed by atoms with Crippen LogP contribution in [0.4, 0.5) is 5.82 Å². The molecule has 0 saturated heterocycles. The zero-order valence-electron chi connectivity index (χ0n) is 20.0. The zero-order chi connectivity index (χ0) is 28.5. The number of hydrogen-bond donors (Lipinski definition) is 10. The second kappa shape index (κ2) is 24.3. The summed E-state index contributed by atoms with van der Waals surface area (Å²) in [6.45, 7) is 1.37. The SMILES string of the molecule is CNC(=O)c1ccc(N[N]=[Tc+4])nc1.O=C(O)CNCCNCC(=O)O.O=C(O)CNCCNCC(=O)O. The third-order valence-corrected chi connectivity index (χ3v) is 3.68. The van der Waals surface area contributed by atoms with E-state index in [1.807, 2.05) is 18.7 Å². The van der Waals surface area contributed by atoms with Gasteiger partial charge in [-0.3, -0.25) is 19.2 Å². The van der Waals surface area contributed by atoms with Crippen LogP contribution >= 0.6 is 0 Å². The van der Waals surface area contributed by atoms with Crippen LogP contribution in [0.2, 0.25) is 0 Å². The van der Waals surface area contributed by atoms with Gasteiger partial charge in [0.25, 0.3) is 0 Å². The Morgan fingerprint density at radius 3 is 1.38 bits per heavy atom. The van der Waals surface area contributed by atoms with Gasteiger partial charge < -0.3 is 41.7 Å². The molecule has 0 aromatic carbocycles. The van der Waals surface area contributed by atoms with Crippen LogP contribution in [-0.4, -0.2) is 115 Å². The van der Waals surface area contributed by atoms with Crippen molar-refractivity contribution >= 4 is 35.6 Å². The number of nitrogens with one attached hydrogen (secondary N) is 6. The molecule has 37 heavy (non-hydrogen) atoms. The van der Waals surface area contributed by atoms with Gasteiger partial charge in [-0.25, -0.2) is 0 Å². The summed E-state index contributed by atoms with van der Waals surface area (Å²) in [6, 6.07) is 3.36. The average Bonchev–Trinajstić information content (AvgIpc) is 2.84. The normalized spacial score (nSPS) is 9.49. The van der Waals surface area contributed by atoms with Crippen molar-refractivity contribution < 1.29 is 63.1 Å². The van der Waals surface area contributed by atoms with E-state index < -0.39 is 23.9 Å². The summed E-state index contributed by atoms with van der Waals surface area (Å²) in [4.78, 5) is 54.9. The van der Waals surface area contributed by atoms with Crippen LogP contribution in [-0.2, 0) is 37.9 Å². The van der Waals surface area contributed by atoms with Gasteiger partial charge in [-0.1, -0.05) is 0 Å². The van der Waals surface area contributed by atoms with E-state index in [2.05, 4.69) is 40.7 Å². The van der Waals surface area contributed by atoms with Crippen LogP contribution in [0.3, 0.4) is 0 Å². The third-order valence-electron chi connectivity index (χ3n) is 3.47. The predicted molar refractivity (Wildman–Crippen MR) is 126 cm³/mol. The molecule has 1 aromatic rings. The number of aromatic nitrogens is 1. The van der Waals surface area contributed by atoms with Gasteiger partial charge in [0.15, 0.2) is 0 Å². The van der Waals surface area contributed by atoms with Gasteiger partial charge in [0.05, 0.1) is 26.2 Å². The molecule has 0 radical (unpaired) electrons. The topological polar surface area (TPSA) is 264 Å². The number of anilines is 1. The van der Waals surface area contributed by atoms with Crippen molar-refractivity contribution in [2.45, 2.75) is 0 Å². The quantitative estimate of drug-likeness (QED) is 0.0626. The fraction of sp³-hybridized carbons (Fsp3) is 0.474. The Balaban J connectivity index is 0. The van der Waals surface area contributed by atoms with Crippen LogP contribution in [0.15, 0.2) is 22.0 Å². The first-order valence-electron chi connectivity index (χ1n) is 10.5. The minimum atomic E-state index is -0.923. The molecule has 1 rings (SSSR count). The maximum atomic E-state index is 11.1. The van der Waals surface area contributed by atoms with Crippen LogP contribution in [0.25, 0.3) is 0 Å². The number of rotatable bonds is 17. The summed E-state index contributed by atoms with van der Waals surface area (Å²) < 4.78 is 3.66. The summed E-state index contributed by atoms with van der Waals surface area (Å²) in [6.07, 6.45) is 1.49. The molecule has 0 fully saturated rings. The average molecular weight is 615 g/mol. The number of hydrogen-bond acceptors (Lipinski definition) is 12. The summed E-state index contributed by atoms with van der Waals surface area (Å²) in [5.74, 6) is -3.23. The maximum absolute atomic E-state index is 11.1. The Bertz CT molecular complexity index is 771. The van der Waals surface area contributed by atoms with E-state index in [-0.39, 0.29) is 32.1 Å². The number of pyridine rings is 1. The molecular formula is C19H32N8O9Tc+4. The monoisotopic (exact) mass is 613 g/mol. The molecule has 205 valence electrons. The van der Waals surface area contributed by atoms with E-state index in [0.717, 1.165) is 0 Å². The van der Waals surface area contributed by atoms with Gasteiger partial charge >= 0.3 is 109 Å². The van der Waals surface area contributed by atoms with Gasteiger partial charge in [0.2, 0.25) is 0 Å². The Kier molecular flexibility index (Phi) is 23.5. The third kappa shape index (κ3) is 27.0. The molecule has 1 amide bonds. The van der Waals surface area contributed by atoms with Crippen molar-refractivity contribution in [1.82, 2.24) is 31.6 Å². The predicted octanol–water partition coefficient (Wildman–Crippen LogP) is -2.83. The Morgan fingerprint density at radius 2 is 1.14 bits per heavy atom. The smallest absolute Gasteiger partial charge is 0.317 e. The molecule has 0 aliphatic rings. The van der Waals surface area contributed by atoms with Crippen LogP contribution in [0.5, 0.6) is 0 Å². The fourth-order valence-electron chi connectivity index (χ4n) is 1.92. The van der Waals surface area contributed by atoms with E-state index in [9.17, 15) is 24.0 Å². The molecule has 1 heterocycles. The molecule has 18 heteroatoms. The number of nitrogens with zero attached hydrogens (tertiary/aromatic N) is 2. The van der Waals surface area contributed by atoms with E-state index in [4.69, 9.17) is 20.4 Å². The standard InChI is InChI=1S/C7H8N4O.2C6H12N2O4.Tc/c1-9-7(12)5-2-3-6(11-8)10-4-5;2*9-5(10)3-7-1-2-8-4-6(11)12;/h2-4H,1H3,(H,9,12)(H,10,11);2*7-8H,1-4H2,(H,9,10)(H,11,12);/q;;;+4. The second-order valence-corrected chi connectivity index (χ2v) is 6.91. The first kappa shape index (κ1) is 35.7. The minimum Gasteiger partial charge on any atom is -0.480 e. The zero-order valence-corrected chi connectivity index (χ0v) is 21.8. The van der Waals surface area contributed by atoms with Crippen molar-refractivity contribution in [3.8, 4) is 0 Å². The Labute approximate surface area is 222 Å². The van der Waals surface area contributed by atoms with Crippen molar-refractivity contribution in [2.75, 3.05) is 64.8 Å². The molecule has 0 unspecified atom stereocenters. The maximum Gasteiger partial charge on any atom is 0.317 e. The molecule has 1 aromatic heterocycles. The summed E-state index contributed by atoms with van der Waals surface area (Å²) in [5, 5.41) is 45.6. The number of carbonyl (C=O) groups excluding carboxylic acids is 1. The number of aliphatic carboxylic acids is 4. The van der Waals surface area contributed by atoms with Crippen molar-refractivity contribution in [3.63, 3.8) is 0 Å². The molecule has 0 aliphatic carbocycles. The molecule has 0 atom stereocenters. The summed E-state index contributed by atoms with van der Waals surface area (Å²) in [5.41, 5.74) is 3.19. The van der Waals surface area contributed by atoms with Gasteiger partial charge in [0.1, 0.15) is 0 Å². The number of carboxylic acid groups (broad SMARTS) is 4. The van der Waals surface area contributed by atoms with E-state index in [0.29, 0.717) is 37.6 Å². The number of carboxylic acids is 4.